The summed E-state index contributed by atoms with van der Waals surface area (Å²) in [6, 6.07) is 3.99. The molecule has 3 aliphatic rings. The van der Waals surface area contributed by atoms with Crippen LogP contribution < -0.4 is 20.1 Å². The van der Waals surface area contributed by atoms with Gasteiger partial charge in [-0.15, -0.1) is 0 Å². The van der Waals surface area contributed by atoms with Gasteiger partial charge in [0.1, 0.15) is 29.0 Å². The topological polar surface area (TPSA) is 160 Å². The van der Waals surface area contributed by atoms with E-state index in [0.29, 0.717) is 44.4 Å². The normalized spacial score (nSPS) is 27.3. The Kier molecular flexibility index (Phi) is 9.73. The van der Waals surface area contributed by atoms with Crippen molar-refractivity contribution in [3.05, 3.63) is 36.4 Å². The number of rotatable bonds is 5. The fraction of sp³-hybridized carbons (Fsp3) is 0.600. The van der Waals surface area contributed by atoms with Gasteiger partial charge < -0.3 is 25.0 Å². The lowest BCUT2D eigenvalue weighted by atomic mass is 10.0. The molecule has 0 spiro atoms. The maximum Gasteiger partial charge on any atom is 0.408 e. The molecule has 1 aromatic rings. The van der Waals surface area contributed by atoms with Crippen molar-refractivity contribution < 1.29 is 37.1 Å². The minimum Gasteiger partial charge on any atom is -0.497 e. The quantitative estimate of drug-likeness (QED) is 0.425. The van der Waals surface area contributed by atoms with Crippen LogP contribution in [0.4, 0.5) is 4.79 Å². The number of fused-ring (bicyclic) bond motifs is 2. The van der Waals surface area contributed by atoms with Crippen molar-refractivity contribution in [2.24, 2.45) is 5.92 Å². The van der Waals surface area contributed by atoms with Crippen molar-refractivity contribution in [3.8, 4) is 5.75 Å². The van der Waals surface area contributed by atoms with E-state index in [1.165, 1.54) is 30.2 Å². The number of allylic oxidation sites excluding steroid dienone is 1. The molecule has 1 aromatic carbocycles. The first-order valence-corrected chi connectivity index (χ1v) is 16.2. The van der Waals surface area contributed by atoms with E-state index in [4.69, 9.17) is 9.47 Å². The molecule has 3 N–H and O–H groups in total. The zero-order valence-electron chi connectivity index (χ0n) is 25.2. The molecule has 43 heavy (non-hydrogen) atoms. The molecule has 12 nitrogen and oxygen atoms in total. The van der Waals surface area contributed by atoms with E-state index in [1.807, 2.05) is 12.2 Å². The maximum absolute atomic E-state index is 13.7. The van der Waals surface area contributed by atoms with Gasteiger partial charge in [0.15, 0.2) is 0 Å². The van der Waals surface area contributed by atoms with Crippen LogP contribution >= 0.6 is 0 Å². The van der Waals surface area contributed by atoms with Gasteiger partial charge in [-0.1, -0.05) is 31.1 Å². The smallest absolute Gasteiger partial charge is 0.408 e. The Morgan fingerprint density at radius 1 is 1.09 bits per heavy atom. The number of hydrogen-bond donors (Lipinski definition) is 3. The second-order valence-corrected chi connectivity index (χ2v) is 14.0. The van der Waals surface area contributed by atoms with Gasteiger partial charge in [0.25, 0.3) is 15.9 Å². The number of methoxy groups -OCH3 is 1. The Bertz CT molecular complexity index is 1370. The molecule has 2 aliphatic heterocycles. The summed E-state index contributed by atoms with van der Waals surface area (Å²) in [4.78, 5) is 54.8. The average Bonchev–Trinajstić information content (AvgIpc) is 3.39. The Morgan fingerprint density at radius 2 is 1.86 bits per heavy atom. The fourth-order valence-electron chi connectivity index (χ4n) is 5.58. The summed E-state index contributed by atoms with van der Waals surface area (Å²) < 4.78 is 38.9. The SMILES string of the molecule is COc1cccc(S(=O)(=O)NC(=O)[C@@]23C[C@@H]2/C=C\CCCCC[C@H](NC(=O)OC(C)(C)C)C(=O)N2CCC[C@H]2C(=O)N3)c1. The van der Waals surface area contributed by atoms with Crippen molar-refractivity contribution in [1.29, 1.82) is 0 Å². The van der Waals surface area contributed by atoms with Gasteiger partial charge in [-0.05, 0) is 71.4 Å². The van der Waals surface area contributed by atoms with Crippen molar-refractivity contribution in [2.45, 2.75) is 100 Å². The average molecular weight is 619 g/mol. The molecule has 0 radical (unpaired) electrons. The van der Waals surface area contributed by atoms with Gasteiger partial charge in [0, 0.05) is 18.5 Å². The fourth-order valence-corrected chi connectivity index (χ4v) is 6.66. The molecule has 236 valence electrons. The molecule has 4 atom stereocenters. The highest BCUT2D eigenvalue weighted by Gasteiger charge is 2.61. The minimum absolute atomic E-state index is 0.149. The lowest BCUT2D eigenvalue weighted by molar-refractivity contribution is -0.141. The third kappa shape index (κ3) is 7.87. The maximum atomic E-state index is 13.7. The van der Waals surface area contributed by atoms with Crippen LogP contribution in [0, 0.1) is 5.92 Å². The summed E-state index contributed by atoms with van der Waals surface area (Å²) in [5.41, 5.74) is -2.23. The van der Waals surface area contributed by atoms with Crippen LogP contribution in [-0.4, -0.2) is 74.0 Å². The molecule has 2 heterocycles. The van der Waals surface area contributed by atoms with Gasteiger partial charge in [0.05, 0.1) is 12.0 Å². The summed E-state index contributed by atoms with van der Waals surface area (Å²) in [5.74, 6) is -1.87. The Balaban J connectivity index is 1.56. The van der Waals surface area contributed by atoms with Crippen LogP contribution in [-0.2, 0) is 29.1 Å². The molecule has 13 heteroatoms. The highest BCUT2D eigenvalue weighted by molar-refractivity contribution is 7.90. The third-order valence-electron chi connectivity index (χ3n) is 7.90. The predicted octanol–water partition coefficient (Wildman–Crippen LogP) is 2.78. The van der Waals surface area contributed by atoms with E-state index in [2.05, 4.69) is 15.4 Å². The molecule has 4 rings (SSSR count). The lowest BCUT2D eigenvalue weighted by Gasteiger charge is -2.30. The second kappa shape index (κ2) is 12.9. The molecular formula is C30H42N4O8S. The van der Waals surface area contributed by atoms with Gasteiger partial charge in [0.2, 0.25) is 11.8 Å². The Labute approximate surface area is 253 Å². The zero-order valence-corrected chi connectivity index (χ0v) is 26.0. The first-order chi connectivity index (χ1) is 20.3. The first-order valence-electron chi connectivity index (χ1n) is 14.8. The molecule has 1 saturated heterocycles. The number of hydrogen-bond acceptors (Lipinski definition) is 8. The Morgan fingerprint density at radius 3 is 2.58 bits per heavy atom. The van der Waals surface area contributed by atoms with Gasteiger partial charge >= 0.3 is 6.09 Å². The molecule has 4 amide bonds. The van der Waals surface area contributed by atoms with Crippen molar-refractivity contribution in [2.75, 3.05) is 13.7 Å². The van der Waals surface area contributed by atoms with E-state index < -0.39 is 57.1 Å². The molecule has 1 saturated carbocycles. The minimum atomic E-state index is -4.27. The number of ether oxygens (including phenoxy) is 2. The van der Waals surface area contributed by atoms with E-state index >= 15 is 0 Å². The second-order valence-electron chi connectivity index (χ2n) is 12.3. The Hall–Kier alpha value is -3.61. The van der Waals surface area contributed by atoms with Gasteiger partial charge in [-0.25, -0.2) is 17.9 Å². The van der Waals surface area contributed by atoms with Crippen LogP contribution in [0.3, 0.4) is 0 Å². The number of nitrogens with one attached hydrogen (secondary N) is 3. The summed E-state index contributed by atoms with van der Waals surface area (Å²) >= 11 is 0. The molecule has 0 bridgehead atoms. The summed E-state index contributed by atoms with van der Waals surface area (Å²) in [6.07, 6.45) is 7.64. The van der Waals surface area contributed by atoms with Crippen LogP contribution in [0.15, 0.2) is 41.3 Å². The largest absolute Gasteiger partial charge is 0.497 e. The van der Waals surface area contributed by atoms with E-state index in [1.54, 1.807) is 26.8 Å². The third-order valence-corrected chi connectivity index (χ3v) is 9.23. The van der Waals surface area contributed by atoms with E-state index in [0.717, 1.165) is 12.8 Å². The predicted molar refractivity (Wildman–Crippen MR) is 157 cm³/mol. The molecule has 0 aromatic heterocycles. The lowest BCUT2D eigenvalue weighted by Crippen LogP contribution is -2.58. The number of sulfonamides is 1. The number of carbonyl (C=O) groups excluding carboxylic acids is 4. The molecule has 1 aliphatic carbocycles. The van der Waals surface area contributed by atoms with Gasteiger partial charge in [-0.2, -0.15) is 0 Å². The highest BCUT2D eigenvalue weighted by atomic mass is 32.2. The summed E-state index contributed by atoms with van der Waals surface area (Å²) in [7, 11) is -2.86. The number of benzene rings is 1. The summed E-state index contributed by atoms with van der Waals surface area (Å²) in [5, 5.41) is 5.51. The van der Waals surface area contributed by atoms with E-state index in [9.17, 15) is 27.6 Å². The number of alkyl carbamates (subject to hydrolysis) is 1. The van der Waals surface area contributed by atoms with Gasteiger partial charge in [-0.3, -0.25) is 14.4 Å². The monoisotopic (exact) mass is 618 g/mol. The first kappa shape index (κ1) is 32.3. The van der Waals surface area contributed by atoms with Crippen LogP contribution in [0.2, 0.25) is 0 Å². The molecule has 2 fully saturated rings. The zero-order chi connectivity index (χ0) is 31.4. The van der Waals surface area contributed by atoms with Crippen molar-refractivity contribution in [1.82, 2.24) is 20.3 Å². The van der Waals surface area contributed by atoms with Crippen LogP contribution in [0.25, 0.3) is 0 Å². The van der Waals surface area contributed by atoms with Crippen LogP contribution in [0.5, 0.6) is 5.75 Å². The van der Waals surface area contributed by atoms with E-state index in [-0.39, 0.29) is 17.2 Å². The standard InChI is InChI=1S/C30H42N4O8S/c1-29(2,3)42-28(38)31-23-15-9-7-5-6-8-12-20-19-30(20,32-25(35)24-16-11-17-34(24)26(23)36)27(37)33-43(39,40)22-14-10-13-21(18-22)41-4/h8,10,12-14,18,20,23-24H,5-7,9,11,15-17,19H2,1-4H3,(H,31,38)(H,32,35)(H,33,37)/b12-8-/t20-,23-,24-,30+/m0/s1. The van der Waals surface area contributed by atoms with Crippen LogP contribution in [0.1, 0.15) is 72.1 Å². The molecule has 0 unspecified atom stereocenters. The number of carbonyl (C=O) groups is 4. The van der Waals surface area contributed by atoms with Crippen molar-refractivity contribution in [3.63, 3.8) is 0 Å². The number of amides is 4. The highest BCUT2D eigenvalue weighted by Crippen LogP contribution is 2.45. The molecular weight excluding hydrogens is 576 g/mol. The number of nitrogens with zero attached hydrogens (tertiary/aromatic N) is 1. The van der Waals surface area contributed by atoms with Crippen molar-refractivity contribution >= 4 is 33.8 Å². The summed E-state index contributed by atoms with van der Waals surface area (Å²) in [6.45, 7) is 5.52.